The number of hydrazine groups is 1. The third-order valence-corrected chi connectivity index (χ3v) is 4.80. The van der Waals surface area contributed by atoms with Gasteiger partial charge >= 0.3 is 5.24 Å². The van der Waals surface area contributed by atoms with Crippen LogP contribution in [0.25, 0.3) is 6.08 Å². The Morgan fingerprint density at radius 3 is 2.60 bits per heavy atom. The second-order valence-electron chi connectivity index (χ2n) is 5.92. The number of thioether (sulfide) groups is 1. The summed E-state index contributed by atoms with van der Waals surface area (Å²) in [5.41, 5.74) is 2.57. The first-order valence-corrected chi connectivity index (χ1v) is 9.41. The highest BCUT2D eigenvalue weighted by Crippen LogP contribution is 2.33. The molecule has 0 spiro atoms. The van der Waals surface area contributed by atoms with E-state index in [-0.39, 0.29) is 27.7 Å². The standard InChI is InChI=1S/C19H15N3O7S/c1-2-29-15-9-11(3-8-14(15)23)10-16-18(25)21(19(26)30-16)20-17(24)12-4-6-13(7-5-12)22(27)28/h3-10,23H,2H2,1H3,(H,20,24)/b16-10-. The monoisotopic (exact) mass is 429 g/mol. The van der Waals surface area contributed by atoms with Gasteiger partial charge in [0.2, 0.25) is 0 Å². The van der Waals surface area contributed by atoms with E-state index < -0.39 is 22.0 Å². The van der Waals surface area contributed by atoms with Crippen LogP contribution in [0.1, 0.15) is 22.8 Å². The van der Waals surface area contributed by atoms with Crippen LogP contribution in [-0.2, 0) is 4.79 Å². The molecule has 1 heterocycles. The van der Waals surface area contributed by atoms with Crippen LogP contribution < -0.4 is 10.2 Å². The molecule has 11 heteroatoms. The van der Waals surface area contributed by atoms with E-state index in [1.165, 1.54) is 30.3 Å². The fourth-order valence-electron chi connectivity index (χ4n) is 2.51. The predicted octanol–water partition coefficient (Wildman–Crippen LogP) is 3.08. The number of nitrogens with zero attached hydrogens (tertiary/aromatic N) is 2. The molecule has 2 aromatic carbocycles. The molecule has 2 aromatic rings. The van der Waals surface area contributed by atoms with Gasteiger partial charge in [0, 0.05) is 17.7 Å². The largest absolute Gasteiger partial charge is 0.504 e. The molecule has 0 radical (unpaired) electrons. The molecule has 2 N–H and O–H groups in total. The molecule has 1 saturated heterocycles. The van der Waals surface area contributed by atoms with Crippen molar-refractivity contribution in [1.82, 2.24) is 10.4 Å². The molecule has 0 aromatic heterocycles. The number of aromatic hydroxyl groups is 1. The number of hydrogen-bond acceptors (Lipinski definition) is 8. The average molecular weight is 429 g/mol. The van der Waals surface area contributed by atoms with Crippen molar-refractivity contribution >= 4 is 40.6 Å². The van der Waals surface area contributed by atoms with Crippen LogP contribution >= 0.6 is 11.8 Å². The number of benzene rings is 2. The number of nitro benzene ring substituents is 1. The van der Waals surface area contributed by atoms with Gasteiger partial charge in [0.25, 0.3) is 17.5 Å². The van der Waals surface area contributed by atoms with Crippen LogP contribution in [0.5, 0.6) is 11.5 Å². The van der Waals surface area contributed by atoms with Crippen LogP contribution in [0.4, 0.5) is 10.5 Å². The Morgan fingerprint density at radius 1 is 1.27 bits per heavy atom. The summed E-state index contributed by atoms with van der Waals surface area (Å²) in [7, 11) is 0. The molecule has 0 unspecified atom stereocenters. The number of phenols is 1. The maximum atomic E-state index is 12.5. The molecule has 0 bridgehead atoms. The maximum Gasteiger partial charge on any atom is 0.312 e. The lowest BCUT2D eigenvalue weighted by atomic mass is 10.2. The molecule has 3 rings (SSSR count). The Bertz CT molecular complexity index is 1070. The molecule has 10 nitrogen and oxygen atoms in total. The second kappa shape index (κ2) is 8.66. The summed E-state index contributed by atoms with van der Waals surface area (Å²) >= 11 is 0.635. The summed E-state index contributed by atoms with van der Waals surface area (Å²) in [6.45, 7) is 2.09. The first kappa shape index (κ1) is 20.9. The summed E-state index contributed by atoms with van der Waals surface area (Å²) in [6, 6.07) is 9.18. The van der Waals surface area contributed by atoms with E-state index in [0.29, 0.717) is 28.9 Å². The molecule has 1 aliphatic heterocycles. The Kier molecular flexibility index (Phi) is 6.02. The van der Waals surface area contributed by atoms with E-state index in [1.807, 2.05) is 0 Å². The van der Waals surface area contributed by atoms with Gasteiger partial charge in [-0.3, -0.25) is 29.9 Å². The fraction of sp³-hybridized carbons (Fsp3) is 0.105. The summed E-state index contributed by atoms with van der Waals surface area (Å²) < 4.78 is 5.29. The van der Waals surface area contributed by atoms with Crippen LogP contribution in [0.2, 0.25) is 0 Å². The van der Waals surface area contributed by atoms with E-state index >= 15 is 0 Å². The molecule has 0 atom stereocenters. The number of rotatable bonds is 6. The topological polar surface area (TPSA) is 139 Å². The van der Waals surface area contributed by atoms with E-state index in [0.717, 1.165) is 12.1 Å². The SMILES string of the molecule is CCOc1cc(/C=C2\SC(=O)N(NC(=O)c3ccc([N+](=O)[O-])cc3)C2=O)ccc1O. The summed E-state index contributed by atoms with van der Waals surface area (Å²) in [5, 5.41) is 20.3. The molecule has 30 heavy (non-hydrogen) atoms. The number of non-ortho nitro benzene ring substituents is 1. The zero-order valence-corrected chi connectivity index (χ0v) is 16.3. The Labute approximate surface area is 174 Å². The Balaban J connectivity index is 1.76. The van der Waals surface area contributed by atoms with Crippen LogP contribution in [0.15, 0.2) is 47.4 Å². The number of nitro groups is 1. The minimum Gasteiger partial charge on any atom is -0.504 e. The highest BCUT2D eigenvalue weighted by Gasteiger charge is 2.36. The first-order valence-electron chi connectivity index (χ1n) is 8.59. The molecule has 154 valence electrons. The Morgan fingerprint density at radius 2 is 1.97 bits per heavy atom. The average Bonchev–Trinajstić information content (AvgIpc) is 2.98. The van der Waals surface area contributed by atoms with Crippen molar-refractivity contribution < 1.29 is 29.2 Å². The zero-order valence-electron chi connectivity index (χ0n) is 15.5. The number of carbonyl (C=O) groups is 3. The number of carbonyl (C=O) groups excluding carboxylic acids is 3. The third-order valence-electron chi connectivity index (χ3n) is 3.93. The number of phenolic OH excluding ortho intramolecular Hbond substituents is 1. The molecule has 0 saturated carbocycles. The van der Waals surface area contributed by atoms with Gasteiger partial charge in [-0.1, -0.05) is 6.07 Å². The highest BCUT2D eigenvalue weighted by molar-refractivity contribution is 8.18. The second-order valence-corrected chi connectivity index (χ2v) is 6.92. The van der Waals surface area contributed by atoms with Gasteiger partial charge in [-0.05, 0) is 54.6 Å². The molecule has 1 fully saturated rings. The number of hydrogen-bond donors (Lipinski definition) is 2. The van der Waals surface area contributed by atoms with Crippen molar-refractivity contribution in [2.75, 3.05) is 6.61 Å². The lowest BCUT2D eigenvalue weighted by Crippen LogP contribution is -2.44. The summed E-state index contributed by atoms with van der Waals surface area (Å²) in [5.74, 6) is -1.32. The number of amides is 3. The lowest BCUT2D eigenvalue weighted by Gasteiger charge is -2.13. The summed E-state index contributed by atoms with van der Waals surface area (Å²) in [4.78, 5) is 47.2. The first-order chi connectivity index (χ1) is 14.3. The van der Waals surface area contributed by atoms with Gasteiger partial charge in [0.1, 0.15) is 0 Å². The smallest absolute Gasteiger partial charge is 0.312 e. The van der Waals surface area contributed by atoms with Crippen LogP contribution in [-0.4, -0.2) is 38.7 Å². The van der Waals surface area contributed by atoms with Crippen molar-refractivity contribution in [3.63, 3.8) is 0 Å². The van der Waals surface area contributed by atoms with E-state index in [2.05, 4.69) is 5.43 Å². The van der Waals surface area contributed by atoms with Gasteiger partial charge in [0.15, 0.2) is 11.5 Å². The zero-order chi connectivity index (χ0) is 21.8. The van der Waals surface area contributed by atoms with Crippen LogP contribution in [0.3, 0.4) is 0 Å². The van der Waals surface area contributed by atoms with Crippen molar-refractivity contribution in [3.8, 4) is 11.5 Å². The van der Waals surface area contributed by atoms with E-state index in [9.17, 15) is 29.6 Å². The lowest BCUT2D eigenvalue weighted by molar-refractivity contribution is -0.384. The van der Waals surface area contributed by atoms with Gasteiger partial charge in [-0.2, -0.15) is 5.01 Å². The summed E-state index contributed by atoms with van der Waals surface area (Å²) in [6.07, 6.45) is 1.44. The number of nitrogens with one attached hydrogen (secondary N) is 1. The minimum atomic E-state index is -0.767. The molecule has 3 amide bonds. The number of ether oxygens (including phenoxy) is 1. The fourth-order valence-corrected chi connectivity index (χ4v) is 3.29. The van der Waals surface area contributed by atoms with Gasteiger partial charge in [-0.25, -0.2) is 0 Å². The minimum absolute atomic E-state index is 0.0449. The third kappa shape index (κ3) is 4.41. The van der Waals surface area contributed by atoms with Crippen molar-refractivity contribution in [1.29, 1.82) is 0 Å². The quantitative estimate of drug-likeness (QED) is 0.406. The number of imide groups is 1. The van der Waals surface area contributed by atoms with Crippen molar-refractivity contribution in [2.45, 2.75) is 6.92 Å². The molecule has 1 aliphatic rings. The normalized spacial score (nSPS) is 14.8. The highest BCUT2D eigenvalue weighted by atomic mass is 32.2. The van der Waals surface area contributed by atoms with Gasteiger partial charge < -0.3 is 9.84 Å². The van der Waals surface area contributed by atoms with E-state index in [4.69, 9.17) is 4.74 Å². The van der Waals surface area contributed by atoms with Crippen molar-refractivity contribution in [2.24, 2.45) is 0 Å². The van der Waals surface area contributed by atoms with Crippen LogP contribution in [0, 0.1) is 10.1 Å². The van der Waals surface area contributed by atoms with Gasteiger partial charge in [0.05, 0.1) is 16.4 Å². The molecule has 0 aliphatic carbocycles. The maximum absolute atomic E-state index is 12.5. The predicted molar refractivity (Wildman–Crippen MR) is 108 cm³/mol. The van der Waals surface area contributed by atoms with Crippen molar-refractivity contribution in [3.05, 3.63) is 68.6 Å². The Hall–Kier alpha value is -3.86. The molecular formula is C19H15N3O7S. The van der Waals surface area contributed by atoms with Gasteiger partial charge in [-0.15, -0.1) is 0 Å². The van der Waals surface area contributed by atoms with E-state index in [1.54, 1.807) is 13.0 Å². The molecular weight excluding hydrogens is 414 g/mol.